The van der Waals surface area contributed by atoms with E-state index >= 15 is 0 Å². The number of fused-ring (bicyclic) bond motifs is 1. The van der Waals surface area contributed by atoms with Crippen LogP contribution in [0.4, 0.5) is 0 Å². The van der Waals surface area contributed by atoms with Gasteiger partial charge in [-0.15, -0.1) is 0 Å². The second kappa shape index (κ2) is 6.04. The molecule has 3 rings (SSSR count). The summed E-state index contributed by atoms with van der Waals surface area (Å²) in [5.74, 6) is 0.0514. The second-order valence-electron chi connectivity index (χ2n) is 5.07. The number of hydrogen-bond donors (Lipinski definition) is 0. The Kier molecular flexibility index (Phi) is 4.13. The first-order valence-corrected chi connectivity index (χ1v) is 7.53. The van der Waals surface area contributed by atoms with Crippen molar-refractivity contribution in [1.29, 1.82) is 0 Å². The van der Waals surface area contributed by atoms with Crippen LogP contribution in [-0.4, -0.2) is 28.9 Å². The molecule has 1 amide bonds. The number of aromatic nitrogens is 1. The van der Waals surface area contributed by atoms with Crippen molar-refractivity contribution < 1.29 is 4.79 Å². The number of halogens is 2. The van der Waals surface area contributed by atoms with Crippen LogP contribution in [0.1, 0.15) is 12.0 Å². The summed E-state index contributed by atoms with van der Waals surface area (Å²) in [6, 6.07) is 7.94. The lowest BCUT2D eigenvalue weighted by Gasteiger charge is -2.27. The molecule has 0 aliphatic carbocycles. The maximum Gasteiger partial charge on any atom is 0.227 e. The molecule has 3 nitrogen and oxygen atoms in total. The van der Waals surface area contributed by atoms with Crippen LogP contribution < -0.4 is 0 Å². The second-order valence-corrected chi connectivity index (χ2v) is 5.98. The van der Waals surface area contributed by atoms with Gasteiger partial charge in [0, 0.05) is 35.8 Å². The molecular formula is C16H14Cl2N2O. The van der Waals surface area contributed by atoms with E-state index in [1.54, 1.807) is 11.1 Å². The van der Waals surface area contributed by atoms with Crippen molar-refractivity contribution in [3.63, 3.8) is 0 Å². The van der Waals surface area contributed by atoms with Gasteiger partial charge in [-0.25, -0.2) is 0 Å². The van der Waals surface area contributed by atoms with Crippen LogP contribution in [0.5, 0.6) is 0 Å². The first kappa shape index (κ1) is 14.4. The summed E-state index contributed by atoms with van der Waals surface area (Å²) in [5, 5.41) is 3.33. The molecule has 0 unspecified atom stereocenters. The van der Waals surface area contributed by atoms with Gasteiger partial charge in [0.2, 0.25) is 5.91 Å². The van der Waals surface area contributed by atoms with Crippen LogP contribution in [0.3, 0.4) is 0 Å². The highest BCUT2D eigenvalue weighted by atomic mass is 35.5. The molecule has 0 saturated heterocycles. The normalized spacial score (nSPS) is 15.6. The zero-order valence-electron chi connectivity index (χ0n) is 11.4. The van der Waals surface area contributed by atoms with Crippen molar-refractivity contribution in [3.8, 4) is 0 Å². The molecule has 1 aliphatic rings. The molecule has 0 saturated carbocycles. The lowest BCUT2D eigenvalue weighted by Crippen LogP contribution is -2.36. The van der Waals surface area contributed by atoms with Gasteiger partial charge in [0.1, 0.15) is 0 Å². The van der Waals surface area contributed by atoms with Crippen molar-refractivity contribution in [2.45, 2.75) is 12.8 Å². The van der Waals surface area contributed by atoms with Gasteiger partial charge in [0.25, 0.3) is 0 Å². The van der Waals surface area contributed by atoms with Crippen molar-refractivity contribution >= 4 is 39.9 Å². The fraction of sp³-hybridized carbons (Fsp3) is 0.250. The van der Waals surface area contributed by atoms with Gasteiger partial charge in [0.15, 0.2) is 0 Å². The maximum atomic E-state index is 12.4. The third-order valence-electron chi connectivity index (χ3n) is 3.67. The van der Waals surface area contributed by atoms with E-state index < -0.39 is 0 Å². The number of carbonyl (C=O) groups is 1. The monoisotopic (exact) mass is 320 g/mol. The number of rotatable bonds is 2. The Morgan fingerprint density at radius 2 is 2.00 bits per heavy atom. The first-order chi connectivity index (χ1) is 10.1. The standard InChI is InChI=1S/C16H14Cl2N2O/c17-14-5-6-20(10-15(14)18)16(21)7-12-9-19-8-11-3-1-2-4-13(11)12/h1-4,8-9H,5-7,10H2. The molecule has 0 N–H and O–H groups in total. The van der Waals surface area contributed by atoms with Crippen LogP contribution in [0.25, 0.3) is 10.8 Å². The van der Waals surface area contributed by atoms with E-state index in [1.807, 2.05) is 30.5 Å². The van der Waals surface area contributed by atoms with Crippen LogP contribution in [0.15, 0.2) is 46.7 Å². The van der Waals surface area contributed by atoms with Gasteiger partial charge in [-0.05, 0) is 10.9 Å². The van der Waals surface area contributed by atoms with E-state index in [0.29, 0.717) is 36.0 Å². The van der Waals surface area contributed by atoms with Crippen LogP contribution in [0, 0.1) is 0 Å². The van der Waals surface area contributed by atoms with Crippen molar-refractivity contribution in [1.82, 2.24) is 9.88 Å². The zero-order valence-corrected chi connectivity index (χ0v) is 12.9. The summed E-state index contributed by atoms with van der Waals surface area (Å²) in [7, 11) is 0. The van der Waals surface area contributed by atoms with Crippen molar-refractivity contribution in [3.05, 3.63) is 52.3 Å². The molecule has 2 aromatic rings. The highest BCUT2D eigenvalue weighted by Crippen LogP contribution is 2.25. The molecule has 0 bridgehead atoms. The Bertz CT molecular complexity index is 722. The molecule has 0 radical (unpaired) electrons. The van der Waals surface area contributed by atoms with E-state index in [2.05, 4.69) is 4.98 Å². The molecule has 21 heavy (non-hydrogen) atoms. The molecule has 2 heterocycles. The van der Waals surface area contributed by atoms with E-state index in [-0.39, 0.29) is 5.91 Å². The van der Waals surface area contributed by atoms with E-state index in [1.165, 1.54) is 0 Å². The third kappa shape index (κ3) is 3.04. The number of amides is 1. The summed E-state index contributed by atoms with van der Waals surface area (Å²) < 4.78 is 0. The first-order valence-electron chi connectivity index (χ1n) is 6.77. The fourth-order valence-electron chi connectivity index (χ4n) is 2.51. The lowest BCUT2D eigenvalue weighted by molar-refractivity contribution is -0.130. The van der Waals surface area contributed by atoms with Crippen LogP contribution >= 0.6 is 23.2 Å². The van der Waals surface area contributed by atoms with Gasteiger partial charge in [0.05, 0.1) is 18.0 Å². The number of nitrogens with zero attached hydrogens (tertiary/aromatic N) is 2. The lowest BCUT2D eigenvalue weighted by atomic mass is 10.0. The maximum absolute atomic E-state index is 12.4. The SMILES string of the molecule is O=C(Cc1cncc2ccccc12)N1CCC(Cl)=C(Cl)C1. The predicted molar refractivity (Wildman–Crippen MR) is 85.4 cm³/mol. The molecule has 1 aliphatic heterocycles. The van der Waals surface area contributed by atoms with Crippen molar-refractivity contribution in [2.75, 3.05) is 13.1 Å². The van der Waals surface area contributed by atoms with E-state index in [4.69, 9.17) is 23.2 Å². The molecule has 5 heteroatoms. The Labute approximate surface area is 133 Å². The molecular weight excluding hydrogens is 307 g/mol. The topological polar surface area (TPSA) is 33.2 Å². The van der Waals surface area contributed by atoms with Gasteiger partial charge >= 0.3 is 0 Å². The third-order valence-corrected chi connectivity index (χ3v) is 4.53. The molecule has 0 atom stereocenters. The summed E-state index contributed by atoms with van der Waals surface area (Å²) in [5.41, 5.74) is 0.940. The minimum absolute atomic E-state index is 0.0514. The number of hydrogen-bond acceptors (Lipinski definition) is 2. The Morgan fingerprint density at radius 3 is 2.81 bits per heavy atom. The van der Waals surface area contributed by atoms with Crippen LogP contribution in [0.2, 0.25) is 0 Å². The highest BCUT2D eigenvalue weighted by Gasteiger charge is 2.21. The Hall–Kier alpha value is -1.58. The van der Waals surface area contributed by atoms with Gasteiger partial charge in [-0.1, -0.05) is 47.5 Å². The fourth-order valence-corrected chi connectivity index (χ4v) is 2.89. The summed E-state index contributed by atoms with van der Waals surface area (Å²) in [4.78, 5) is 18.4. The predicted octanol–water partition coefficient (Wildman–Crippen LogP) is 3.70. The minimum atomic E-state index is 0.0514. The van der Waals surface area contributed by atoms with Gasteiger partial charge < -0.3 is 4.90 Å². The van der Waals surface area contributed by atoms with Gasteiger partial charge in [-0.2, -0.15) is 0 Å². The molecule has 1 aromatic carbocycles. The van der Waals surface area contributed by atoms with E-state index in [0.717, 1.165) is 16.3 Å². The average Bonchev–Trinajstić information content (AvgIpc) is 2.50. The molecule has 1 aromatic heterocycles. The Morgan fingerprint density at radius 1 is 1.19 bits per heavy atom. The zero-order chi connectivity index (χ0) is 14.8. The largest absolute Gasteiger partial charge is 0.337 e. The smallest absolute Gasteiger partial charge is 0.227 e. The quantitative estimate of drug-likeness (QED) is 0.845. The summed E-state index contributed by atoms with van der Waals surface area (Å²) in [6.45, 7) is 1.02. The number of carbonyl (C=O) groups excluding carboxylic acids is 1. The number of pyridine rings is 1. The minimum Gasteiger partial charge on any atom is -0.337 e. The average molecular weight is 321 g/mol. The highest BCUT2D eigenvalue weighted by molar-refractivity contribution is 6.39. The van der Waals surface area contributed by atoms with Crippen molar-refractivity contribution in [2.24, 2.45) is 0 Å². The summed E-state index contributed by atoms with van der Waals surface area (Å²) in [6.07, 6.45) is 4.52. The molecule has 0 fully saturated rings. The van der Waals surface area contributed by atoms with Crippen LogP contribution in [-0.2, 0) is 11.2 Å². The Balaban J connectivity index is 1.81. The summed E-state index contributed by atoms with van der Waals surface area (Å²) >= 11 is 12.0. The van der Waals surface area contributed by atoms with E-state index in [9.17, 15) is 4.79 Å². The van der Waals surface area contributed by atoms with Gasteiger partial charge in [-0.3, -0.25) is 9.78 Å². The molecule has 108 valence electrons. The number of benzene rings is 1. The molecule has 0 spiro atoms.